The Labute approximate surface area is 224 Å². The van der Waals surface area contributed by atoms with Gasteiger partial charge >= 0.3 is 6.03 Å². The number of ether oxygens (including phenoxy) is 2. The lowest BCUT2D eigenvalue weighted by molar-refractivity contribution is -0.187. The largest absolute Gasteiger partial charge is 0.497 e. The highest BCUT2D eigenvalue weighted by atomic mass is 16.5. The number of hydrogen-bond donors (Lipinski definition) is 1. The van der Waals surface area contributed by atoms with Gasteiger partial charge in [-0.05, 0) is 48.2 Å². The molecule has 4 rings (SSSR count). The Hall–Kier alpha value is -3.79. The SMILES string of the molecule is CCCC1C(=O)N(CCc2ccc(OC)cc2)CC2N1C(=O)CN(C)N2C(=O)NCc1ccc(OC)cc1. The molecular weight excluding hydrogens is 486 g/mol. The average molecular weight is 524 g/mol. The topological polar surface area (TPSA) is 94.7 Å². The lowest BCUT2D eigenvalue weighted by atomic mass is 10.0. The molecule has 0 aliphatic carbocycles. The number of urea groups is 1. The molecule has 2 aliphatic rings. The quantitative estimate of drug-likeness (QED) is 0.543. The van der Waals surface area contributed by atoms with Gasteiger partial charge in [0.15, 0.2) is 0 Å². The van der Waals surface area contributed by atoms with Crippen molar-refractivity contribution in [2.45, 2.75) is 44.9 Å². The van der Waals surface area contributed by atoms with Gasteiger partial charge in [0.2, 0.25) is 11.8 Å². The van der Waals surface area contributed by atoms with E-state index in [0.29, 0.717) is 25.9 Å². The summed E-state index contributed by atoms with van der Waals surface area (Å²) in [5.41, 5.74) is 2.01. The molecule has 2 heterocycles. The molecule has 0 bridgehead atoms. The third-order valence-electron chi connectivity index (χ3n) is 7.14. The van der Waals surface area contributed by atoms with Crippen molar-refractivity contribution in [3.8, 4) is 11.5 Å². The van der Waals surface area contributed by atoms with E-state index in [4.69, 9.17) is 9.47 Å². The molecule has 4 amide bonds. The minimum absolute atomic E-state index is 0.0335. The molecule has 2 aromatic carbocycles. The number of piperazine rings is 1. The smallest absolute Gasteiger partial charge is 0.334 e. The number of carbonyl (C=O) groups is 3. The Bertz CT molecular complexity index is 1120. The number of fused-ring (bicyclic) bond motifs is 1. The van der Waals surface area contributed by atoms with Crippen LogP contribution in [-0.4, -0.2) is 90.8 Å². The molecule has 1 N–H and O–H groups in total. The summed E-state index contributed by atoms with van der Waals surface area (Å²) in [6.45, 7) is 3.10. The molecule has 10 heteroatoms. The first-order chi connectivity index (χ1) is 18.4. The number of amides is 4. The molecule has 2 unspecified atom stereocenters. The van der Waals surface area contributed by atoms with Crippen LogP contribution in [0.4, 0.5) is 4.79 Å². The van der Waals surface area contributed by atoms with Crippen LogP contribution in [0.5, 0.6) is 11.5 Å². The summed E-state index contributed by atoms with van der Waals surface area (Å²) in [6, 6.07) is 14.4. The number of carbonyl (C=O) groups excluding carboxylic acids is 3. The van der Waals surface area contributed by atoms with Crippen molar-refractivity contribution >= 4 is 17.8 Å². The highest BCUT2D eigenvalue weighted by Gasteiger charge is 2.50. The van der Waals surface area contributed by atoms with E-state index in [1.165, 1.54) is 0 Å². The second-order valence-corrected chi connectivity index (χ2v) is 9.64. The van der Waals surface area contributed by atoms with Crippen molar-refractivity contribution in [1.29, 1.82) is 0 Å². The van der Waals surface area contributed by atoms with Gasteiger partial charge in [0.25, 0.3) is 0 Å². The standard InChI is InChI=1S/C28H37N5O5/c1-5-6-24-27(35)31(16-15-20-7-11-22(37-3)12-8-20)18-25-32(24)26(34)19-30(2)33(25)28(36)29-17-21-9-13-23(38-4)14-10-21/h7-14,24-25H,5-6,15-19H2,1-4H3,(H,29,36). The molecule has 2 aromatic rings. The fourth-order valence-corrected chi connectivity index (χ4v) is 5.12. The summed E-state index contributed by atoms with van der Waals surface area (Å²) in [7, 11) is 4.97. The summed E-state index contributed by atoms with van der Waals surface area (Å²) in [6.07, 6.45) is 1.38. The maximum absolute atomic E-state index is 13.5. The van der Waals surface area contributed by atoms with E-state index in [2.05, 4.69) is 5.32 Å². The van der Waals surface area contributed by atoms with Gasteiger partial charge in [-0.2, -0.15) is 0 Å². The highest BCUT2D eigenvalue weighted by Crippen LogP contribution is 2.28. The summed E-state index contributed by atoms with van der Waals surface area (Å²) in [4.78, 5) is 43.6. The summed E-state index contributed by atoms with van der Waals surface area (Å²) in [5, 5.41) is 6.21. The second kappa shape index (κ2) is 12.2. The van der Waals surface area contributed by atoms with Gasteiger partial charge < -0.3 is 24.6 Å². The minimum atomic E-state index is -0.590. The third-order valence-corrected chi connectivity index (χ3v) is 7.14. The average Bonchev–Trinajstić information content (AvgIpc) is 2.93. The van der Waals surface area contributed by atoms with E-state index in [1.54, 1.807) is 41.1 Å². The molecule has 2 aliphatic heterocycles. The number of nitrogens with one attached hydrogen (secondary N) is 1. The number of hydrazine groups is 1. The predicted molar refractivity (Wildman–Crippen MR) is 142 cm³/mol. The van der Waals surface area contributed by atoms with Crippen molar-refractivity contribution in [1.82, 2.24) is 25.1 Å². The zero-order chi connectivity index (χ0) is 27.2. The first-order valence-corrected chi connectivity index (χ1v) is 13.0. The Kier molecular flexibility index (Phi) is 8.73. The molecule has 0 aromatic heterocycles. The molecule has 2 saturated heterocycles. The Morgan fingerprint density at radius 2 is 1.58 bits per heavy atom. The lowest BCUT2D eigenvalue weighted by Gasteiger charge is -2.54. The fourth-order valence-electron chi connectivity index (χ4n) is 5.12. The zero-order valence-corrected chi connectivity index (χ0v) is 22.6. The lowest BCUT2D eigenvalue weighted by Crippen LogP contribution is -2.76. The molecule has 38 heavy (non-hydrogen) atoms. The van der Waals surface area contributed by atoms with Gasteiger partial charge in [-0.1, -0.05) is 37.6 Å². The van der Waals surface area contributed by atoms with Gasteiger partial charge in [0.05, 0.1) is 27.3 Å². The van der Waals surface area contributed by atoms with Crippen LogP contribution in [0.25, 0.3) is 0 Å². The van der Waals surface area contributed by atoms with E-state index >= 15 is 0 Å². The maximum Gasteiger partial charge on any atom is 0.334 e. The molecule has 2 atom stereocenters. The normalized spacial score (nSPS) is 19.8. The van der Waals surface area contributed by atoms with Crippen LogP contribution in [0.3, 0.4) is 0 Å². The molecule has 0 radical (unpaired) electrons. The minimum Gasteiger partial charge on any atom is -0.497 e. The van der Waals surface area contributed by atoms with Crippen molar-refractivity contribution in [3.05, 3.63) is 59.7 Å². The molecule has 204 valence electrons. The monoisotopic (exact) mass is 523 g/mol. The van der Waals surface area contributed by atoms with Gasteiger partial charge in [0, 0.05) is 20.1 Å². The van der Waals surface area contributed by atoms with E-state index < -0.39 is 12.2 Å². The van der Waals surface area contributed by atoms with Crippen LogP contribution in [0.15, 0.2) is 48.5 Å². The number of nitrogens with zero attached hydrogens (tertiary/aromatic N) is 4. The first kappa shape index (κ1) is 27.3. The number of hydrogen-bond acceptors (Lipinski definition) is 6. The summed E-state index contributed by atoms with van der Waals surface area (Å²) >= 11 is 0. The maximum atomic E-state index is 13.5. The Balaban J connectivity index is 1.51. The van der Waals surface area contributed by atoms with E-state index in [1.807, 2.05) is 55.5 Å². The predicted octanol–water partition coefficient (Wildman–Crippen LogP) is 2.48. The second-order valence-electron chi connectivity index (χ2n) is 9.64. The van der Waals surface area contributed by atoms with Crippen LogP contribution >= 0.6 is 0 Å². The van der Waals surface area contributed by atoms with E-state index in [0.717, 1.165) is 29.0 Å². The summed E-state index contributed by atoms with van der Waals surface area (Å²) in [5.74, 6) is 1.32. The van der Waals surface area contributed by atoms with Crippen LogP contribution in [0, 0.1) is 0 Å². The van der Waals surface area contributed by atoms with E-state index in [-0.39, 0.29) is 30.9 Å². The summed E-state index contributed by atoms with van der Waals surface area (Å²) < 4.78 is 10.4. The van der Waals surface area contributed by atoms with Crippen molar-refractivity contribution in [2.24, 2.45) is 0 Å². The Morgan fingerprint density at radius 1 is 0.974 bits per heavy atom. The molecule has 10 nitrogen and oxygen atoms in total. The number of benzene rings is 2. The van der Waals surface area contributed by atoms with Crippen molar-refractivity contribution in [2.75, 3.05) is 40.9 Å². The zero-order valence-electron chi connectivity index (χ0n) is 22.6. The van der Waals surface area contributed by atoms with Crippen LogP contribution in [0.2, 0.25) is 0 Å². The van der Waals surface area contributed by atoms with Gasteiger partial charge in [0.1, 0.15) is 23.7 Å². The molecule has 0 spiro atoms. The van der Waals surface area contributed by atoms with Crippen LogP contribution in [-0.2, 0) is 22.6 Å². The third kappa shape index (κ3) is 5.85. The van der Waals surface area contributed by atoms with Gasteiger partial charge in [-0.15, -0.1) is 0 Å². The van der Waals surface area contributed by atoms with Crippen LogP contribution in [0.1, 0.15) is 30.9 Å². The van der Waals surface area contributed by atoms with Crippen molar-refractivity contribution < 1.29 is 23.9 Å². The number of methoxy groups -OCH3 is 2. The highest BCUT2D eigenvalue weighted by molar-refractivity contribution is 5.91. The van der Waals surface area contributed by atoms with Crippen molar-refractivity contribution in [3.63, 3.8) is 0 Å². The van der Waals surface area contributed by atoms with Gasteiger partial charge in [-0.25, -0.2) is 14.8 Å². The Morgan fingerprint density at radius 3 is 2.16 bits per heavy atom. The van der Waals surface area contributed by atoms with E-state index in [9.17, 15) is 14.4 Å². The fraction of sp³-hybridized carbons (Fsp3) is 0.464. The molecule has 2 fully saturated rings. The number of likely N-dealkylation sites (N-methyl/N-ethyl adjacent to an activating group) is 1. The van der Waals surface area contributed by atoms with Gasteiger partial charge in [-0.3, -0.25) is 9.59 Å². The molecular formula is C28H37N5O5. The number of rotatable bonds is 9. The van der Waals surface area contributed by atoms with Crippen LogP contribution < -0.4 is 14.8 Å². The molecule has 0 saturated carbocycles. The first-order valence-electron chi connectivity index (χ1n) is 13.0.